The summed E-state index contributed by atoms with van der Waals surface area (Å²) in [4.78, 5) is 13.2. The van der Waals surface area contributed by atoms with Crippen molar-refractivity contribution < 1.29 is 4.79 Å². The Labute approximate surface area is 106 Å². The average Bonchev–Trinajstić information content (AvgIpc) is 2.14. The molecule has 0 unspecified atom stereocenters. The second-order valence-corrected chi connectivity index (χ2v) is 6.65. The van der Waals surface area contributed by atoms with Crippen molar-refractivity contribution in [2.75, 3.05) is 6.54 Å². The molecule has 1 saturated heterocycles. The fourth-order valence-electron chi connectivity index (χ4n) is 3.16. The van der Waals surface area contributed by atoms with Gasteiger partial charge >= 0.3 is 0 Å². The van der Waals surface area contributed by atoms with Crippen LogP contribution < -0.4 is 5.32 Å². The molecule has 0 radical (unpaired) electrons. The van der Waals surface area contributed by atoms with E-state index in [0.29, 0.717) is 6.04 Å². The van der Waals surface area contributed by atoms with Crippen LogP contribution in [0.3, 0.4) is 0 Å². The van der Waals surface area contributed by atoms with E-state index >= 15 is 0 Å². The van der Waals surface area contributed by atoms with Crippen molar-refractivity contribution >= 4 is 6.41 Å². The molecule has 3 nitrogen and oxygen atoms in total. The number of nitrogens with one attached hydrogen (secondary N) is 1. The Bertz CT molecular complexity index is 245. The summed E-state index contributed by atoms with van der Waals surface area (Å²) in [5, 5.41) is 3.65. The lowest BCUT2D eigenvalue weighted by Crippen LogP contribution is -2.62. The van der Waals surface area contributed by atoms with Gasteiger partial charge in [0, 0.05) is 23.7 Å². The molecule has 0 bridgehead atoms. The predicted molar refractivity (Wildman–Crippen MR) is 72.0 cm³/mol. The molecule has 100 valence electrons. The molecule has 1 aliphatic heterocycles. The minimum Gasteiger partial charge on any atom is -0.342 e. The van der Waals surface area contributed by atoms with Crippen LogP contribution in [-0.2, 0) is 4.79 Å². The molecule has 0 aliphatic carbocycles. The zero-order chi connectivity index (χ0) is 13.1. The summed E-state index contributed by atoms with van der Waals surface area (Å²) in [6.45, 7) is 12.0. The molecular formula is C14H28N2O. The Hall–Kier alpha value is -0.570. The molecule has 3 heteroatoms. The molecule has 1 fully saturated rings. The molecule has 1 heterocycles. The minimum absolute atomic E-state index is 0.111. The Kier molecular flexibility index (Phi) is 4.59. The van der Waals surface area contributed by atoms with Crippen molar-refractivity contribution in [3.05, 3.63) is 0 Å². The summed E-state index contributed by atoms with van der Waals surface area (Å²) in [6, 6.07) is 0.380. The highest BCUT2D eigenvalue weighted by Gasteiger charge is 2.39. The lowest BCUT2D eigenvalue weighted by atomic mass is 9.79. The van der Waals surface area contributed by atoms with Gasteiger partial charge in [-0.15, -0.1) is 0 Å². The SMILES string of the molecule is CCCCN(C=O)C1CC(C)(C)NC(C)(C)C1. The molecule has 0 saturated carbocycles. The molecule has 1 N–H and O–H groups in total. The number of nitrogens with zero attached hydrogens (tertiary/aromatic N) is 1. The summed E-state index contributed by atoms with van der Waals surface area (Å²) in [5.74, 6) is 0. The van der Waals surface area contributed by atoms with Gasteiger partial charge in [-0.3, -0.25) is 4.79 Å². The molecule has 1 aliphatic rings. The molecule has 0 aromatic rings. The van der Waals surface area contributed by atoms with Crippen LogP contribution in [0.5, 0.6) is 0 Å². The van der Waals surface area contributed by atoms with Gasteiger partial charge in [0.05, 0.1) is 0 Å². The first-order valence-corrected chi connectivity index (χ1v) is 6.80. The maximum absolute atomic E-state index is 11.2. The van der Waals surface area contributed by atoms with E-state index in [2.05, 4.69) is 39.9 Å². The number of piperidine rings is 1. The summed E-state index contributed by atoms with van der Waals surface area (Å²) < 4.78 is 0. The number of rotatable bonds is 5. The standard InChI is InChI=1S/C14H28N2O/c1-6-7-8-16(11-17)12-9-13(2,3)15-14(4,5)10-12/h11-12,15H,6-10H2,1-5H3. The fraction of sp³-hybridized carbons (Fsp3) is 0.929. The zero-order valence-corrected chi connectivity index (χ0v) is 12.0. The second-order valence-electron chi connectivity index (χ2n) is 6.65. The largest absolute Gasteiger partial charge is 0.342 e. The molecule has 17 heavy (non-hydrogen) atoms. The number of unbranched alkanes of at least 4 members (excludes halogenated alkanes) is 1. The monoisotopic (exact) mass is 240 g/mol. The van der Waals surface area contributed by atoms with E-state index in [9.17, 15) is 4.79 Å². The average molecular weight is 240 g/mol. The minimum atomic E-state index is 0.111. The van der Waals surface area contributed by atoms with Gasteiger partial charge in [0.1, 0.15) is 0 Å². The molecule has 0 atom stereocenters. The third-order valence-corrected chi connectivity index (χ3v) is 3.54. The smallest absolute Gasteiger partial charge is 0.209 e. The van der Waals surface area contributed by atoms with Crippen LogP contribution >= 0.6 is 0 Å². The van der Waals surface area contributed by atoms with Crippen molar-refractivity contribution in [3.63, 3.8) is 0 Å². The molecular weight excluding hydrogens is 212 g/mol. The van der Waals surface area contributed by atoms with E-state index in [1.165, 1.54) is 0 Å². The molecule has 1 amide bonds. The first-order chi connectivity index (χ1) is 7.79. The van der Waals surface area contributed by atoms with Crippen LogP contribution in [0.1, 0.15) is 60.3 Å². The lowest BCUT2D eigenvalue weighted by Gasteiger charge is -2.49. The van der Waals surface area contributed by atoms with Crippen LogP contribution in [0.15, 0.2) is 0 Å². The Morgan fingerprint density at radius 3 is 2.18 bits per heavy atom. The normalized spacial score (nSPS) is 23.4. The highest BCUT2D eigenvalue weighted by atomic mass is 16.1. The third kappa shape index (κ3) is 4.30. The Balaban J connectivity index is 2.71. The van der Waals surface area contributed by atoms with Gasteiger partial charge in [-0.25, -0.2) is 0 Å². The van der Waals surface area contributed by atoms with Crippen molar-refractivity contribution in [2.24, 2.45) is 0 Å². The van der Waals surface area contributed by atoms with Crippen molar-refractivity contribution in [3.8, 4) is 0 Å². The van der Waals surface area contributed by atoms with E-state index in [-0.39, 0.29) is 11.1 Å². The quantitative estimate of drug-likeness (QED) is 0.749. The van der Waals surface area contributed by atoms with Crippen molar-refractivity contribution in [1.82, 2.24) is 10.2 Å². The first kappa shape index (κ1) is 14.5. The summed E-state index contributed by atoms with van der Waals surface area (Å²) in [5.41, 5.74) is 0.222. The Morgan fingerprint density at radius 1 is 1.24 bits per heavy atom. The summed E-state index contributed by atoms with van der Waals surface area (Å²) in [7, 11) is 0. The maximum Gasteiger partial charge on any atom is 0.209 e. The molecule has 1 rings (SSSR count). The number of carbonyl (C=O) groups is 1. The summed E-state index contributed by atoms with van der Waals surface area (Å²) >= 11 is 0. The van der Waals surface area contributed by atoms with E-state index in [4.69, 9.17) is 0 Å². The molecule has 0 spiro atoms. The van der Waals surface area contributed by atoms with Gasteiger partial charge < -0.3 is 10.2 Å². The predicted octanol–water partition coefficient (Wildman–Crippen LogP) is 2.55. The fourth-order valence-corrected chi connectivity index (χ4v) is 3.16. The van der Waals surface area contributed by atoms with Gasteiger partial charge in [-0.05, 0) is 47.0 Å². The zero-order valence-electron chi connectivity index (χ0n) is 12.0. The highest BCUT2D eigenvalue weighted by Crippen LogP contribution is 2.31. The van der Waals surface area contributed by atoms with Gasteiger partial charge in [0.25, 0.3) is 0 Å². The second kappa shape index (κ2) is 5.38. The van der Waals surface area contributed by atoms with Crippen LogP contribution in [0, 0.1) is 0 Å². The van der Waals surface area contributed by atoms with E-state index in [1.807, 2.05) is 4.90 Å². The van der Waals surface area contributed by atoms with Gasteiger partial charge in [-0.1, -0.05) is 13.3 Å². The van der Waals surface area contributed by atoms with E-state index in [1.54, 1.807) is 0 Å². The summed E-state index contributed by atoms with van der Waals surface area (Å²) in [6.07, 6.45) is 5.36. The molecule has 0 aromatic heterocycles. The third-order valence-electron chi connectivity index (χ3n) is 3.54. The van der Waals surface area contributed by atoms with E-state index < -0.39 is 0 Å². The highest BCUT2D eigenvalue weighted by molar-refractivity contribution is 5.48. The number of carbonyl (C=O) groups excluding carboxylic acids is 1. The number of hydrogen-bond acceptors (Lipinski definition) is 2. The molecule has 0 aromatic carbocycles. The van der Waals surface area contributed by atoms with Crippen LogP contribution in [0.4, 0.5) is 0 Å². The van der Waals surface area contributed by atoms with Crippen LogP contribution in [0.2, 0.25) is 0 Å². The van der Waals surface area contributed by atoms with E-state index in [0.717, 1.165) is 38.6 Å². The van der Waals surface area contributed by atoms with Gasteiger partial charge in [0.2, 0.25) is 6.41 Å². The lowest BCUT2D eigenvalue weighted by molar-refractivity contribution is -0.122. The van der Waals surface area contributed by atoms with Gasteiger partial charge in [-0.2, -0.15) is 0 Å². The maximum atomic E-state index is 11.2. The van der Waals surface area contributed by atoms with Crippen molar-refractivity contribution in [1.29, 1.82) is 0 Å². The van der Waals surface area contributed by atoms with Gasteiger partial charge in [0.15, 0.2) is 0 Å². The first-order valence-electron chi connectivity index (χ1n) is 6.80. The Morgan fingerprint density at radius 2 is 1.76 bits per heavy atom. The van der Waals surface area contributed by atoms with Crippen LogP contribution in [-0.4, -0.2) is 35.0 Å². The van der Waals surface area contributed by atoms with Crippen LogP contribution in [0.25, 0.3) is 0 Å². The number of hydrogen-bond donors (Lipinski definition) is 1. The van der Waals surface area contributed by atoms with Crippen molar-refractivity contribution in [2.45, 2.75) is 77.4 Å². The topological polar surface area (TPSA) is 32.3 Å². The number of amides is 1.